The number of benzene rings is 2. The van der Waals surface area contributed by atoms with E-state index in [4.69, 9.17) is 11.6 Å². The molecule has 0 atom stereocenters. The normalized spacial score (nSPS) is 14.4. The van der Waals surface area contributed by atoms with Crippen LogP contribution in [0, 0.1) is 5.82 Å². The number of halogens is 2. The van der Waals surface area contributed by atoms with E-state index in [1.807, 2.05) is 0 Å². The highest BCUT2D eigenvalue weighted by molar-refractivity contribution is 8.00. The van der Waals surface area contributed by atoms with Crippen molar-refractivity contribution in [3.05, 3.63) is 64.9 Å². The van der Waals surface area contributed by atoms with Crippen molar-refractivity contribution in [2.45, 2.75) is 4.90 Å². The minimum atomic E-state index is -0.290. The van der Waals surface area contributed by atoms with E-state index in [-0.39, 0.29) is 17.6 Å². The molecule has 3 rings (SSSR count). The van der Waals surface area contributed by atoms with Gasteiger partial charge in [0.1, 0.15) is 5.82 Å². The molecule has 4 nitrogen and oxygen atoms in total. The Morgan fingerprint density at radius 2 is 1.50 bits per heavy atom. The lowest BCUT2D eigenvalue weighted by Gasteiger charge is -2.34. The molecule has 0 radical (unpaired) electrons. The standard InChI is InChI=1S/C19H18ClFN2O2S/c20-15-3-1-14(2-4-15)19(25)23-11-9-22(10-12-23)18(24)13-26-17-7-5-16(21)6-8-17/h1-8H,9-13H2. The molecule has 1 saturated heterocycles. The van der Waals surface area contributed by atoms with Gasteiger partial charge in [0.2, 0.25) is 5.91 Å². The second-order valence-electron chi connectivity index (χ2n) is 5.92. The third-order valence-electron chi connectivity index (χ3n) is 4.19. The van der Waals surface area contributed by atoms with E-state index in [9.17, 15) is 14.0 Å². The molecule has 2 amide bonds. The van der Waals surface area contributed by atoms with Crippen LogP contribution in [0.3, 0.4) is 0 Å². The average Bonchev–Trinajstić information content (AvgIpc) is 2.67. The molecule has 0 aliphatic carbocycles. The van der Waals surface area contributed by atoms with Crippen molar-refractivity contribution in [2.24, 2.45) is 0 Å². The van der Waals surface area contributed by atoms with E-state index < -0.39 is 0 Å². The Kier molecular flexibility index (Phi) is 6.16. The third-order valence-corrected chi connectivity index (χ3v) is 5.44. The van der Waals surface area contributed by atoms with Crippen LogP contribution >= 0.6 is 23.4 Å². The average molecular weight is 393 g/mol. The maximum Gasteiger partial charge on any atom is 0.253 e. The zero-order chi connectivity index (χ0) is 18.5. The Balaban J connectivity index is 1.48. The van der Waals surface area contributed by atoms with Crippen LogP contribution in [0.4, 0.5) is 4.39 Å². The molecule has 1 aliphatic heterocycles. The molecule has 0 unspecified atom stereocenters. The lowest BCUT2D eigenvalue weighted by Crippen LogP contribution is -2.51. The van der Waals surface area contributed by atoms with Crippen LogP contribution in [0.15, 0.2) is 53.4 Å². The van der Waals surface area contributed by atoms with E-state index in [0.717, 1.165) is 4.90 Å². The highest BCUT2D eigenvalue weighted by Gasteiger charge is 2.24. The van der Waals surface area contributed by atoms with Gasteiger partial charge in [-0.2, -0.15) is 0 Å². The zero-order valence-corrected chi connectivity index (χ0v) is 15.6. The molecular formula is C19H18ClFN2O2S. The van der Waals surface area contributed by atoms with Gasteiger partial charge in [0.15, 0.2) is 0 Å². The molecule has 1 aliphatic rings. The first-order chi connectivity index (χ1) is 12.5. The Morgan fingerprint density at radius 1 is 0.923 bits per heavy atom. The smallest absolute Gasteiger partial charge is 0.253 e. The predicted molar refractivity (Wildman–Crippen MR) is 101 cm³/mol. The Labute approximate surface area is 160 Å². The summed E-state index contributed by atoms with van der Waals surface area (Å²) >= 11 is 7.23. The SMILES string of the molecule is O=C(CSc1ccc(F)cc1)N1CCN(C(=O)c2ccc(Cl)cc2)CC1. The van der Waals surface area contributed by atoms with Crippen LogP contribution < -0.4 is 0 Å². The van der Waals surface area contributed by atoms with Crippen molar-refractivity contribution in [3.8, 4) is 0 Å². The van der Waals surface area contributed by atoms with E-state index in [2.05, 4.69) is 0 Å². The summed E-state index contributed by atoms with van der Waals surface area (Å²) in [5.41, 5.74) is 0.598. The van der Waals surface area contributed by atoms with Gasteiger partial charge in [-0.1, -0.05) is 11.6 Å². The van der Waals surface area contributed by atoms with Gasteiger partial charge in [0, 0.05) is 41.7 Å². The highest BCUT2D eigenvalue weighted by atomic mass is 35.5. The van der Waals surface area contributed by atoms with Crippen LogP contribution in [-0.4, -0.2) is 53.5 Å². The number of thioether (sulfide) groups is 1. The number of amides is 2. The van der Waals surface area contributed by atoms with Crippen molar-refractivity contribution in [1.82, 2.24) is 9.80 Å². The summed E-state index contributed by atoms with van der Waals surface area (Å²) in [6.07, 6.45) is 0. The van der Waals surface area contributed by atoms with Gasteiger partial charge in [-0.25, -0.2) is 4.39 Å². The number of carbonyl (C=O) groups excluding carboxylic acids is 2. The van der Waals surface area contributed by atoms with Gasteiger partial charge in [0.05, 0.1) is 5.75 Å². The van der Waals surface area contributed by atoms with Crippen LogP contribution in [0.25, 0.3) is 0 Å². The van der Waals surface area contributed by atoms with Crippen LogP contribution in [0.5, 0.6) is 0 Å². The summed E-state index contributed by atoms with van der Waals surface area (Å²) in [6, 6.07) is 12.9. The van der Waals surface area contributed by atoms with Crippen molar-refractivity contribution in [1.29, 1.82) is 0 Å². The Hall–Kier alpha value is -2.05. The molecule has 0 N–H and O–H groups in total. The van der Waals surface area contributed by atoms with E-state index in [1.165, 1.54) is 23.9 Å². The molecule has 136 valence electrons. The van der Waals surface area contributed by atoms with Crippen molar-refractivity contribution < 1.29 is 14.0 Å². The number of carbonyl (C=O) groups is 2. The summed E-state index contributed by atoms with van der Waals surface area (Å²) in [6.45, 7) is 2.05. The molecule has 1 heterocycles. The second kappa shape index (κ2) is 8.56. The molecule has 0 spiro atoms. The van der Waals surface area contributed by atoms with Crippen LogP contribution in [0.1, 0.15) is 10.4 Å². The largest absolute Gasteiger partial charge is 0.338 e. The molecule has 1 fully saturated rings. The van der Waals surface area contributed by atoms with Crippen LogP contribution in [0.2, 0.25) is 5.02 Å². The fourth-order valence-corrected chi connectivity index (χ4v) is 3.63. The second-order valence-corrected chi connectivity index (χ2v) is 7.41. The summed E-state index contributed by atoms with van der Waals surface area (Å²) in [5.74, 6) is -0.00828. The van der Waals surface area contributed by atoms with Crippen molar-refractivity contribution in [2.75, 3.05) is 31.9 Å². The van der Waals surface area contributed by atoms with Gasteiger partial charge < -0.3 is 9.80 Å². The molecule has 2 aromatic rings. The summed E-state index contributed by atoms with van der Waals surface area (Å²) in [4.78, 5) is 29.2. The highest BCUT2D eigenvalue weighted by Crippen LogP contribution is 2.19. The van der Waals surface area contributed by atoms with Gasteiger partial charge in [-0.3, -0.25) is 9.59 Å². The number of nitrogens with zero attached hydrogens (tertiary/aromatic N) is 2. The lowest BCUT2D eigenvalue weighted by molar-refractivity contribution is -0.129. The summed E-state index contributed by atoms with van der Waals surface area (Å²) in [5, 5.41) is 0.593. The number of hydrogen-bond donors (Lipinski definition) is 0. The summed E-state index contributed by atoms with van der Waals surface area (Å²) in [7, 11) is 0. The molecule has 0 aromatic heterocycles. The number of rotatable bonds is 4. The molecule has 0 bridgehead atoms. The minimum absolute atomic E-state index is 0.0258. The first-order valence-electron chi connectivity index (χ1n) is 8.24. The fourth-order valence-electron chi connectivity index (χ4n) is 2.70. The first-order valence-corrected chi connectivity index (χ1v) is 9.60. The molecule has 2 aromatic carbocycles. The van der Waals surface area contributed by atoms with Crippen LogP contribution in [-0.2, 0) is 4.79 Å². The van der Waals surface area contributed by atoms with Gasteiger partial charge in [-0.15, -0.1) is 11.8 Å². The maximum atomic E-state index is 12.9. The van der Waals surface area contributed by atoms with Crippen molar-refractivity contribution >= 4 is 35.2 Å². The number of piperazine rings is 1. The molecule has 7 heteroatoms. The van der Waals surface area contributed by atoms with Gasteiger partial charge in [0.25, 0.3) is 5.91 Å². The number of hydrogen-bond acceptors (Lipinski definition) is 3. The van der Waals surface area contributed by atoms with Crippen molar-refractivity contribution in [3.63, 3.8) is 0 Å². The van der Waals surface area contributed by atoms with E-state index in [1.54, 1.807) is 46.2 Å². The topological polar surface area (TPSA) is 40.6 Å². The molecule has 0 saturated carbocycles. The first kappa shape index (κ1) is 18.7. The molecular weight excluding hydrogens is 375 g/mol. The Morgan fingerprint density at radius 3 is 2.12 bits per heavy atom. The fraction of sp³-hybridized carbons (Fsp3) is 0.263. The predicted octanol–water partition coefficient (Wildman–Crippen LogP) is 3.56. The maximum absolute atomic E-state index is 12.9. The minimum Gasteiger partial charge on any atom is -0.338 e. The summed E-state index contributed by atoms with van der Waals surface area (Å²) < 4.78 is 12.9. The Bertz CT molecular complexity index is 775. The van der Waals surface area contributed by atoms with Gasteiger partial charge >= 0.3 is 0 Å². The third kappa shape index (κ3) is 4.77. The zero-order valence-electron chi connectivity index (χ0n) is 14.0. The lowest BCUT2D eigenvalue weighted by atomic mass is 10.2. The quantitative estimate of drug-likeness (QED) is 0.747. The molecule has 26 heavy (non-hydrogen) atoms. The van der Waals surface area contributed by atoms with E-state index >= 15 is 0 Å². The van der Waals surface area contributed by atoms with E-state index in [0.29, 0.717) is 42.5 Å². The monoisotopic (exact) mass is 392 g/mol. The van der Waals surface area contributed by atoms with Gasteiger partial charge in [-0.05, 0) is 48.5 Å².